The molecule has 0 spiro atoms. The van der Waals surface area contributed by atoms with E-state index in [1.54, 1.807) is 4.90 Å². The number of piperidine rings is 1. The van der Waals surface area contributed by atoms with Crippen molar-refractivity contribution in [3.05, 3.63) is 20.8 Å². The van der Waals surface area contributed by atoms with E-state index < -0.39 is 0 Å². The summed E-state index contributed by atoms with van der Waals surface area (Å²) in [5.74, 6) is 0.608. The predicted octanol–water partition coefficient (Wildman–Crippen LogP) is 2.78. The van der Waals surface area contributed by atoms with Crippen LogP contribution in [0.3, 0.4) is 0 Å². The summed E-state index contributed by atoms with van der Waals surface area (Å²) in [4.78, 5) is 14.8. The SMILES string of the molecule is Cc1csc(C(=O)N(C)CC2CCCNC2)c1Cl. The van der Waals surface area contributed by atoms with Crippen molar-refractivity contribution in [2.75, 3.05) is 26.7 Å². The van der Waals surface area contributed by atoms with Crippen LogP contribution in [0.4, 0.5) is 0 Å². The monoisotopic (exact) mass is 286 g/mol. The lowest BCUT2D eigenvalue weighted by molar-refractivity contribution is 0.0769. The number of amides is 1. The number of nitrogens with zero attached hydrogens (tertiary/aromatic N) is 1. The lowest BCUT2D eigenvalue weighted by Gasteiger charge is -2.27. The first-order valence-electron chi connectivity index (χ1n) is 6.29. The van der Waals surface area contributed by atoms with E-state index in [9.17, 15) is 4.79 Å². The van der Waals surface area contributed by atoms with E-state index in [2.05, 4.69) is 5.32 Å². The van der Waals surface area contributed by atoms with Crippen molar-refractivity contribution in [1.82, 2.24) is 10.2 Å². The Morgan fingerprint density at radius 3 is 3.00 bits per heavy atom. The minimum absolute atomic E-state index is 0.0451. The van der Waals surface area contributed by atoms with Crippen molar-refractivity contribution in [1.29, 1.82) is 0 Å². The maximum atomic E-state index is 12.3. The zero-order chi connectivity index (χ0) is 13.1. The van der Waals surface area contributed by atoms with Crippen LogP contribution in [0.2, 0.25) is 5.02 Å². The molecule has 100 valence electrons. The maximum absolute atomic E-state index is 12.3. The van der Waals surface area contributed by atoms with Crippen LogP contribution in [-0.2, 0) is 0 Å². The average molecular weight is 287 g/mol. The van der Waals surface area contributed by atoms with Gasteiger partial charge in [-0.2, -0.15) is 0 Å². The number of nitrogens with one attached hydrogen (secondary N) is 1. The molecule has 1 aromatic rings. The van der Waals surface area contributed by atoms with E-state index in [1.807, 2.05) is 19.4 Å². The first-order valence-corrected chi connectivity index (χ1v) is 7.55. The Balaban J connectivity index is 1.98. The van der Waals surface area contributed by atoms with Crippen LogP contribution in [0.1, 0.15) is 28.1 Å². The number of thiophene rings is 1. The molecule has 1 aliphatic rings. The second-order valence-corrected chi connectivity index (χ2v) is 6.22. The van der Waals surface area contributed by atoms with Crippen molar-refractivity contribution >= 4 is 28.8 Å². The molecule has 1 fully saturated rings. The Morgan fingerprint density at radius 1 is 1.67 bits per heavy atom. The standard InChI is InChI=1S/C13H19ClN2OS/c1-9-8-18-12(11(9)14)13(17)16(2)7-10-4-3-5-15-6-10/h8,10,15H,3-7H2,1-2H3. The van der Waals surface area contributed by atoms with Gasteiger partial charge in [0.1, 0.15) is 4.88 Å². The van der Waals surface area contributed by atoms with Gasteiger partial charge in [-0.25, -0.2) is 0 Å². The van der Waals surface area contributed by atoms with Crippen molar-refractivity contribution in [2.24, 2.45) is 5.92 Å². The smallest absolute Gasteiger partial charge is 0.265 e. The summed E-state index contributed by atoms with van der Waals surface area (Å²) in [7, 11) is 1.86. The van der Waals surface area contributed by atoms with E-state index in [0.717, 1.165) is 25.2 Å². The molecule has 2 heterocycles. The molecule has 5 heteroatoms. The Kier molecular flexibility index (Phi) is 4.65. The fraction of sp³-hybridized carbons (Fsp3) is 0.615. The molecule has 1 aliphatic heterocycles. The van der Waals surface area contributed by atoms with Crippen LogP contribution in [0.25, 0.3) is 0 Å². The molecule has 1 unspecified atom stereocenters. The van der Waals surface area contributed by atoms with Gasteiger partial charge in [-0.1, -0.05) is 11.6 Å². The minimum atomic E-state index is 0.0451. The molecule has 3 nitrogen and oxygen atoms in total. The molecule has 1 saturated heterocycles. The highest BCUT2D eigenvalue weighted by atomic mass is 35.5. The van der Waals surface area contributed by atoms with Gasteiger partial charge < -0.3 is 10.2 Å². The third kappa shape index (κ3) is 3.05. The summed E-state index contributed by atoms with van der Waals surface area (Å²) >= 11 is 7.58. The molecule has 0 bridgehead atoms. The van der Waals surface area contributed by atoms with Crippen molar-refractivity contribution in [3.8, 4) is 0 Å². The highest BCUT2D eigenvalue weighted by Gasteiger charge is 2.22. The van der Waals surface area contributed by atoms with Gasteiger partial charge in [0.2, 0.25) is 0 Å². The first-order chi connectivity index (χ1) is 8.59. The lowest BCUT2D eigenvalue weighted by Crippen LogP contribution is -2.39. The van der Waals surface area contributed by atoms with Gasteiger partial charge >= 0.3 is 0 Å². The van der Waals surface area contributed by atoms with E-state index in [1.165, 1.54) is 24.2 Å². The zero-order valence-corrected chi connectivity index (χ0v) is 12.4. The molecule has 0 aromatic carbocycles. The molecule has 1 atom stereocenters. The Bertz CT molecular complexity index is 427. The zero-order valence-electron chi connectivity index (χ0n) is 10.8. The summed E-state index contributed by atoms with van der Waals surface area (Å²) in [6.07, 6.45) is 2.40. The van der Waals surface area contributed by atoms with Gasteiger partial charge in [0.15, 0.2) is 0 Å². The normalized spacial score (nSPS) is 19.8. The highest BCUT2D eigenvalue weighted by molar-refractivity contribution is 7.13. The molecule has 0 aliphatic carbocycles. The second kappa shape index (κ2) is 6.04. The molecule has 0 saturated carbocycles. The number of hydrogen-bond acceptors (Lipinski definition) is 3. The summed E-state index contributed by atoms with van der Waals surface area (Å²) in [6.45, 7) is 4.85. The Morgan fingerprint density at radius 2 is 2.44 bits per heavy atom. The van der Waals surface area contributed by atoms with E-state index in [4.69, 9.17) is 11.6 Å². The molecule has 2 rings (SSSR count). The van der Waals surface area contributed by atoms with Gasteiger partial charge in [0.05, 0.1) is 5.02 Å². The van der Waals surface area contributed by atoms with Crippen LogP contribution in [0.5, 0.6) is 0 Å². The van der Waals surface area contributed by atoms with Crippen LogP contribution < -0.4 is 5.32 Å². The molecular formula is C13H19ClN2OS. The van der Waals surface area contributed by atoms with Crippen molar-refractivity contribution in [2.45, 2.75) is 19.8 Å². The molecule has 0 radical (unpaired) electrons. The number of carbonyl (C=O) groups excluding carboxylic acids is 1. The average Bonchev–Trinajstić information content (AvgIpc) is 2.70. The third-order valence-electron chi connectivity index (χ3n) is 3.37. The van der Waals surface area contributed by atoms with Gasteiger partial charge in [0.25, 0.3) is 5.91 Å². The fourth-order valence-electron chi connectivity index (χ4n) is 2.30. The first kappa shape index (κ1) is 13.8. The molecule has 1 aromatic heterocycles. The van der Waals surface area contributed by atoms with Gasteiger partial charge in [-0.3, -0.25) is 4.79 Å². The van der Waals surface area contributed by atoms with Crippen molar-refractivity contribution < 1.29 is 4.79 Å². The van der Waals surface area contributed by atoms with E-state index in [0.29, 0.717) is 15.8 Å². The van der Waals surface area contributed by atoms with Gasteiger partial charge in [0, 0.05) is 13.6 Å². The van der Waals surface area contributed by atoms with Crippen LogP contribution in [0.15, 0.2) is 5.38 Å². The number of aryl methyl sites for hydroxylation is 1. The number of carbonyl (C=O) groups is 1. The van der Waals surface area contributed by atoms with Gasteiger partial charge in [-0.15, -0.1) is 11.3 Å². The largest absolute Gasteiger partial charge is 0.341 e. The lowest BCUT2D eigenvalue weighted by atomic mass is 9.99. The summed E-state index contributed by atoms with van der Waals surface area (Å²) in [5, 5.41) is 5.92. The summed E-state index contributed by atoms with van der Waals surface area (Å²) in [5.41, 5.74) is 0.984. The molecular weight excluding hydrogens is 268 g/mol. The quantitative estimate of drug-likeness (QED) is 0.927. The number of rotatable bonds is 3. The fourth-order valence-corrected chi connectivity index (χ4v) is 3.56. The van der Waals surface area contributed by atoms with Crippen LogP contribution >= 0.6 is 22.9 Å². The third-order valence-corrected chi connectivity index (χ3v) is 5.06. The van der Waals surface area contributed by atoms with E-state index in [-0.39, 0.29) is 5.91 Å². The summed E-state index contributed by atoms with van der Waals surface area (Å²) in [6, 6.07) is 0. The van der Waals surface area contributed by atoms with Crippen LogP contribution in [0, 0.1) is 12.8 Å². The minimum Gasteiger partial charge on any atom is -0.341 e. The van der Waals surface area contributed by atoms with Crippen molar-refractivity contribution in [3.63, 3.8) is 0 Å². The van der Waals surface area contributed by atoms with Gasteiger partial charge in [-0.05, 0) is 49.7 Å². The van der Waals surface area contributed by atoms with E-state index >= 15 is 0 Å². The Labute approximate surface area is 117 Å². The topological polar surface area (TPSA) is 32.3 Å². The number of hydrogen-bond donors (Lipinski definition) is 1. The molecule has 18 heavy (non-hydrogen) atoms. The Hall–Kier alpha value is -0.580. The second-order valence-electron chi connectivity index (χ2n) is 4.96. The number of halogens is 1. The summed E-state index contributed by atoms with van der Waals surface area (Å²) < 4.78 is 0. The highest BCUT2D eigenvalue weighted by Crippen LogP contribution is 2.28. The molecule has 1 N–H and O–H groups in total. The maximum Gasteiger partial charge on any atom is 0.265 e. The molecule has 1 amide bonds. The predicted molar refractivity (Wildman–Crippen MR) is 76.6 cm³/mol. The van der Waals surface area contributed by atoms with Crippen LogP contribution in [-0.4, -0.2) is 37.5 Å².